The number of nitrogens with zero attached hydrogens (tertiary/aromatic N) is 3. The smallest absolute Gasteiger partial charge is 0.160 e. The predicted octanol–water partition coefficient (Wildman–Crippen LogP) is 10.6. The lowest BCUT2D eigenvalue weighted by Gasteiger charge is -2.30. The van der Waals surface area contributed by atoms with E-state index in [1.54, 1.807) is 6.20 Å². The zero-order chi connectivity index (χ0) is 31.4. The summed E-state index contributed by atoms with van der Waals surface area (Å²) in [7, 11) is 0. The number of benzene rings is 6. The first-order valence-corrected chi connectivity index (χ1v) is 16.3. The van der Waals surface area contributed by atoms with E-state index in [0.717, 1.165) is 49.8 Å². The van der Waals surface area contributed by atoms with Gasteiger partial charge in [-0.15, -0.1) is 0 Å². The summed E-state index contributed by atoms with van der Waals surface area (Å²) in [6, 6.07) is 51.7. The minimum atomic E-state index is -0.391. The normalized spacial score (nSPS) is 13.6. The highest BCUT2D eigenvalue weighted by molar-refractivity contribution is 6.09. The molecule has 4 nitrogen and oxygen atoms in total. The Balaban J connectivity index is 1.15. The molecule has 2 aliphatic carbocycles. The van der Waals surface area contributed by atoms with E-state index in [9.17, 15) is 0 Å². The van der Waals surface area contributed by atoms with Crippen molar-refractivity contribution in [2.75, 3.05) is 0 Å². The molecule has 0 saturated heterocycles. The van der Waals surface area contributed by atoms with Gasteiger partial charge in [0.2, 0.25) is 0 Å². The van der Waals surface area contributed by atoms with Gasteiger partial charge in [0.15, 0.2) is 5.82 Å². The number of pyridine rings is 1. The van der Waals surface area contributed by atoms with E-state index in [4.69, 9.17) is 14.4 Å². The SMILES string of the molecule is c1ccc(-c2nc(-c3ccc4c(c3)oc3cc5c(cc34)C3(c4ccccc4-c4ccccc43)c3ccccc3-5)nc3ccccc23)nc1. The molecule has 3 heterocycles. The molecule has 0 atom stereocenters. The number of hydrogen-bond acceptors (Lipinski definition) is 4. The molecule has 0 amide bonds. The minimum absolute atomic E-state index is 0.391. The van der Waals surface area contributed by atoms with Gasteiger partial charge in [-0.1, -0.05) is 103 Å². The fourth-order valence-corrected chi connectivity index (χ4v) is 8.40. The standard InChI is InChI=1S/C44H25N3O/c1-5-15-34-27(11-1)28-12-2-6-16-35(28)44(34)36-17-7-3-13-29(36)32-25-41-33(24-37(32)44)30-21-20-26(23-40(30)48-41)43-46-38-18-8-4-14-31(38)42(47-43)39-19-9-10-22-45-39/h1-25H. The van der Waals surface area contributed by atoms with Crippen LogP contribution in [-0.2, 0) is 5.41 Å². The van der Waals surface area contributed by atoms with E-state index in [1.807, 2.05) is 36.4 Å². The van der Waals surface area contributed by atoms with E-state index in [2.05, 4.69) is 114 Å². The molecular formula is C44H25N3O. The van der Waals surface area contributed by atoms with Gasteiger partial charge in [0, 0.05) is 27.9 Å². The van der Waals surface area contributed by atoms with E-state index < -0.39 is 5.41 Å². The van der Waals surface area contributed by atoms with E-state index in [1.165, 1.54) is 44.5 Å². The van der Waals surface area contributed by atoms with Crippen molar-refractivity contribution in [1.29, 1.82) is 0 Å². The zero-order valence-electron chi connectivity index (χ0n) is 25.7. The van der Waals surface area contributed by atoms with Crippen LogP contribution in [0.25, 0.3) is 77.9 Å². The number of fused-ring (bicyclic) bond motifs is 14. The Labute approximate surface area is 276 Å². The first-order valence-electron chi connectivity index (χ1n) is 16.3. The van der Waals surface area contributed by atoms with Crippen molar-refractivity contribution in [1.82, 2.24) is 15.0 Å². The maximum Gasteiger partial charge on any atom is 0.160 e. The summed E-state index contributed by atoms with van der Waals surface area (Å²) in [5, 5.41) is 3.16. The van der Waals surface area contributed by atoms with Gasteiger partial charge < -0.3 is 4.42 Å². The summed E-state index contributed by atoms with van der Waals surface area (Å²) >= 11 is 0. The molecule has 222 valence electrons. The summed E-state index contributed by atoms with van der Waals surface area (Å²) in [5.74, 6) is 0.645. The van der Waals surface area contributed by atoms with Crippen LogP contribution in [0.15, 0.2) is 156 Å². The summed E-state index contributed by atoms with van der Waals surface area (Å²) in [5.41, 5.74) is 15.1. The first-order chi connectivity index (χ1) is 23.8. The number of para-hydroxylation sites is 1. The second-order valence-electron chi connectivity index (χ2n) is 12.7. The molecule has 3 aromatic heterocycles. The lowest BCUT2D eigenvalue weighted by molar-refractivity contribution is 0.669. The Hall–Kier alpha value is -6.39. The van der Waals surface area contributed by atoms with Crippen molar-refractivity contribution < 1.29 is 4.42 Å². The van der Waals surface area contributed by atoms with Crippen molar-refractivity contribution in [3.63, 3.8) is 0 Å². The minimum Gasteiger partial charge on any atom is -0.456 e. The van der Waals surface area contributed by atoms with Crippen LogP contribution in [0.3, 0.4) is 0 Å². The van der Waals surface area contributed by atoms with Crippen LogP contribution in [0.2, 0.25) is 0 Å². The topological polar surface area (TPSA) is 51.8 Å². The van der Waals surface area contributed by atoms with Gasteiger partial charge in [-0.25, -0.2) is 9.97 Å². The largest absolute Gasteiger partial charge is 0.456 e. The van der Waals surface area contributed by atoms with E-state index in [-0.39, 0.29) is 0 Å². The van der Waals surface area contributed by atoms with Crippen LogP contribution in [0.4, 0.5) is 0 Å². The molecule has 0 aliphatic heterocycles. The van der Waals surface area contributed by atoms with Crippen molar-refractivity contribution in [3.05, 3.63) is 174 Å². The molecule has 11 rings (SSSR count). The molecule has 0 radical (unpaired) electrons. The Kier molecular flexibility index (Phi) is 5.01. The van der Waals surface area contributed by atoms with Crippen molar-refractivity contribution in [3.8, 4) is 45.0 Å². The predicted molar refractivity (Wildman–Crippen MR) is 192 cm³/mol. The third-order valence-corrected chi connectivity index (χ3v) is 10.4. The summed E-state index contributed by atoms with van der Waals surface area (Å²) in [6.07, 6.45) is 1.80. The van der Waals surface area contributed by atoms with Crippen LogP contribution < -0.4 is 0 Å². The third kappa shape index (κ3) is 3.26. The van der Waals surface area contributed by atoms with Crippen molar-refractivity contribution >= 4 is 32.8 Å². The van der Waals surface area contributed by atoms with E-state index >= 15 is 0 Å². The van der Waals surface area contributed by atoms with Gasteiger partial charge in [-0.3, -0.25) is 4.98 Å². The molecule has 6 aromatic carbocycles. The number of furan rings is 1. The van der Waals surface area contributed by atoms with Gasteiger partial charge in [0.25, 0.3) is 0 Å². The van der Waals surface area contributed by atoms with Crippen LogP contribution in [0.1, 0.15) is 22.3 Å². The average Bonchev–Trinajstić information content (AvgIpc) is 3.77. The summed E-state index contributed by atoms with van der Waals surface area (Å²) in [6.45, 7) is 0. The second-order valence-corrected chi connectivity index (χ2v) is 12.7. The number of hydrogen-bond donors (Lipinski definition) is 0. The third-order valence-electron chi connectivity index (χ3n) is 10.4. The molecule has 0 saturated carbocycles. The lowest BCUT2D eigenvalue weighted by Crippen LogP contribution is -2.25. The Morgan fingerprint density at radius 3 is 1.83 bits per heavy atom. The Morgan fingerprint density at radius 2 is 1.10 bits per heavy atom. The average molecular weight is 612 g/mol. The fourth-order valence-electron chi connectivity index (χ4n) is 8.40. The molecular weight excluding hydrogens is 587 g/mol. The molecule has 48 heavy (non-hydrogen) atoms. The monoisotopic (exact) mass is 611 g/mol. The molecule has 0 fully saturated rings. The molecule has 0 bridgehead atoms. The fraction of sp³-hybridized carbons (Fsp3) is 0.0227. The molecule has 0 unspecified atom stereocenters. The van der Waals surface area contributed by atoms with Gasteiger partial charge in [0.05, 0.1) is 16.6 Å². The van der Waals surface area contributed by atoms with Gasteiger partial charge in [-0.2, -0.15) is 0 Å². The zero-order valence-corrected chi connectivity index (χ0v) is 25.7. The highest BCUT2D eigenvalue weighted by Gasteiger charge is 2.51. The molecule has 0 N–H and O–H groups in total. The van der Waals surface area contributed by atoms with E-state index in [0.29, 0.717) is 5.82 Å². The number of aromatic nitrogens is 3. The number of rotatable bonds is 2. The summed E-state index contributed by atoms with van der Waals surface area (Å²) < 4.78 is 6.68. The highest BCUT2D eigenvalue weighted by atomic mass is 16.3. The van der Waals surface area contributed by atoms with Gasteiger partial charge in [0.1, 0.15) is 16.9 Å². The van der Waals surface area contributed by atoms with Gasteiger partial charge in [-0.05, 0) is 87.0 Å². The van der Waals surface area contributed by atoms with Crippen molar-refractivity contribution in [2.24, 2.45) is 0 Å². The molecule has 4 heteroatoms. The van der Waals surface area contributed by atoms with Gasteiger partial charge >= 0.3 is 0 Å². The molecule has 2 aliphatic rings. The van der Waals surface area contributed by atoms with Crippen LogP contribution in [0.5, 0.6) is 0 Å². The lowest BCUT2D eigenvalue weighted by atomic mass is 9.70. The molecule has 1 spiro atoms. The molecule has 9 aromatic rings. The second kappa shape index (κ2) is 9.34. The Morgan fingerprint density at radius 1 is 0.458 bits per heavy atom. The highest BCUT2D eigenvalue weighted by Crippen LogP contribution is 2.63. The van der Waals surface area contributed by atoms with Crippen molar-refractivity contribution in [2.45, 2.75) is 5.41 Å². The van der Waals surface area contributed by atoms with Crippen LogP contribution in [-0.4, -0.2) is 15.0 Å². The summed E-state index contributed by atoms with van der Waals surface area (Å²) in [4.78, 5) is 14.6. The first kappa shape index (κ1) is 25.8. The quantitative estimate of drug-likeness (QED) is 0.195. The Bertz CT molecular complexity index is 2750. The maximum absolute atomic E-state index is 6.68. The maximum atomic E-state index is 6.68. The van der Waals surface area contributed by atoms with Crippen LogP contribution in [0, 0.1) is 0 Å². The van der Waals surface area contributed by atoms with Crippen LogP contribution >= 0.6 is 0 Å².